The zero-order chi connectivity index (χ0) is 23.0. The Kier molecular flexibility index (Phi) is 5.59. The van der Waals surface area contributed by atoms with E-state index in [1.807, 2.05) is 0 Å². The van der Waals surface area contributed by atoms with Crippen LogP contribution in [0.25, 0.3) is 11.1 Å². The molecule has 1 aliphatic rings. The summed E-state index contributed by atoms with van der Waals surface area (Å²) < 4.78 is 66.8. The normalized spacial score (nSPS) is 14.3. The largest absolute Gasteiger partial charge is 0.451 e. The van der Waals surface area contributed by atoms with Gasteiger partial charge in [-0.05, 0) is 47.9 Å². The van der Waals surface area contributed by atoms with E-state index in [2.05, 4.69) is 15.0 Å². The molecule has 0 unspecified atom stereocenters. The topological polar surface area (TPSA) is 85.0 Å². The fourth-order valence-corrected chi connectivity index (χ4v) is 3.65. The molecule has 0 spiro atoms. The van der Waals surface area contributed by atoms with Gasteiger partial charge in [0, 0.05) is 31.4 Å². The van der Waals surface area contributed by atoms with Gasteiger partial charge < -0.3 is 5.73 Å². The highest BCUT2D eigenvalue weighted by Crippen LogP contribution is 2.33. The first kappa shape index (κ1) is 21.8. The zero-order valence-electron chi connectivity index (χ0n) is 16.5. The van der Waals surface area contributed by atoms with Crippen molar-refractivity contribution in [3.63, 3.8) is 0 Å². The molecule has 0 saturated heterocycles. The Labute approximate surface area is 178 Å². The standard InChI is InChI=1S/C21H16F5N5O/c22-11-1-2-16(23)15(7-11)14-8-17(19(27)32)30-18-10-31(6-4-13(14)18)9-12-3-5-28-20(29-12)21(24,25)26/h1-3,5,7-8H,4,6,9-10H2,(H2,27,32). The molecule has 32 heavy (non-hydrogen) atoms. The molecule has 1 amide bonds. The number of benzene rings is 1. The van der Waals surface area contributed by atoms with Gasteiger partial charge in [-0.15, -0.1) is 0 Å². The van der Waals surface area contributed by atoms with Gasteiger partial charge in [0.1, 0.15) is 17.3 Å². The fraction of sp³-hybridized carbons (Fsp3) is 0.238. The number of nitrogens with two attached hydrogens (primary N) is 1. The van der Waals surface area contributed by atoms with Gasteiger partial charge in [-0.1, -0.05) is 0 Å². The summed E-state index contributed by atoms with van der Waals surface area (Å²) in [5.74, 6) is -3.38. The van der Waals surface area contributed by atoms with Crippen LogP contribution in [0.1, 0.15) is 33.3 Å². The molecular weight excluding hydrogens is 433 g/mol. The first-order valence-corrected chi connectivity index (χ1v) is 9.51. The van der Waals surface area contributed by atoms with E-state index in [0.717, 1.165) is 24.4 Å². The second-order valence-corrected chi connectivity index (χ2v) is 7.30. The highest BCUT2D eigenvalue weighted by atomic mass is 19.4. The number of fused-ring (bicyclic) bond motifs is 1. The van der Waals surface area contributed by atoms with Crippen LogP contribution < -0.4 is 5.73 Å². The van der Waals surface area contributed by atoms with Gasteiger partial charge in [0.15, 0.2) is 0 Å². The molecule has 3 heterocycles. The minimum Gasteiger partial charge on any atom is -0.364 e. The lowest BCUT2D eigenvalue weighted by Crippen LogP contribution is -2.32. The zero-order valence-corrected chi connectivity index (χ0v) is 16.5. The van der Waals surface area contributed by atoms with Crippen molar-refractivity contribution < 1.29 is 26.7 Å². The molecule has 1 aromatic carbocycles. The van der Waals surface area contributed by atoms with Crippen molar-refractivity contribution in [1.82, 2.24) is 19.9 Å². The predicted molar refractivity (Wildman–Crippen MR) is 103 cm³/mol. The minimum atomic E-state index is -4.66. The number of rotatable bonds is 4. The van der Waals surface area contributed by atoms with E-state index >= 15 is 0 Å². The third kappa shape index (κ3) is 4.42. The molecule has 0 radical (unpaired) electrons. The van der Waals surface area contributed by atoms with E-state index in [-0.39, 0.29) is 30.0 Å². The lowest BCUT2D eigenvalue weighted by atomic mass is 9.92. The van der Waals surface area contributed by atoms with E-state index in [1.165, 1.54) is 12.1 Å². The minimum absolute atomic E-state index is 0.0229. The summed E-state index contributed by atoms with van der Waals surface area (Å²) in [4.78, 5) is 24.6. The second-order valence-electron chi connectivity index (χ2n) is 7.30. The van der Waals surface area contributed by atoms with E-state index in [4.69, 9.17) is 5.73 Å². The molecule has 0 fully saturated rings. The van der Waals surface area contributed by atoms with E-state index in [1.54, 1.807) is 4.90 Å². The van der Waals surface area contributed by atoms with E-state index < -0.39 is 29.5 Å². The molecule has 0 bridgehead atoms. The van der Waals surface area contributed by atoms with Crippen molar-refractivity contribution in [3.05, 3.63) is 76.6 Å². The molecule has 1 aliphatic heterocycles. The predicted octanol–water partition coefficient (Wildman–Crippen LogP) is 3.49. The lowest BCUT2D eigenvalue weighted by molar-refractivity contribution is -0.145. The molecule has 0 atom stereocenters. The van der Waals surface area contributed by atoms with Gasteiger partial charge >= 0.3 is 6.18 Å². The maximum absolute atomic E-state index is 14.4. The average molecular weight is 449 g/mol. The summed E-state index contributed by atoms with van der Waals surface area (Å²) in [6, 6.07) is 5.71. The number of hydrogen-bond donors (Lipinski definition) is 1. The maximum Gasteiger partial charge on any atom is 0.451 e. The fourth-order valence-electron chi connectivity index (χ4n) is 3.65. The maximum atomic E-state index is 14.4. The first-order valence-electron chi connectivity index (χ1n) is 9.51. The number of halogens is 5. The Morgan fingerprint density at radius 1 is 1.09 bits per heavy atom. The molecule has 2 aromatic heterocycles. The molecule has 166 valence electrons. The molecule has 4 rings (SSSR count). The summed E-state index contributed by atoms with van der Waals surface area (Å²) in [5.41, 5.74) is 6.73. The van der Waals surface area contributed by atoms with Gasteiger partial charge in [0.25, 0.3) is 5.91 Å². The third-order valence-corrected chi connectivity index (χ3v) is 5.08. The van der Waals surface area contributed by atoms with Gasteiger partial charge in [-0.3, -0.25) is 9.69 Å². The van der Waals surface area contributed by atoms with Crippen molar-refractivity contribution in [2.75, 3.05) is 6.54 Å². The van der Waals surface area contributed by atoms with Crippen LogP contribution in [0.2, 0.25) is 0 Å². The van der Waals surface area contributed by atoms with Crippen LogP contribution in [0.5, 0.6) is 0 Å². The number of alkyl halides is 3. The van der Waals surface area contributed by atoms with Crippen LogP contribution in [-0.2, 0) is 25.7 Å². The molecular formula is C21H16F5N5O. The smallest absolute Gasteiger partial charge is 0.364 e. The Hall–Kier alpha value is -3.47. The molecule has 6 nitrogen and oxygen atoms in total. The van der Waals surface area contributed by atoms with Crippen molar-refractivity contribution in [2.24, 2.45) is 5.73 Å². The van der Waals surface area contributed by atoms with E-state index in [9.17, 15) is 26.7 Å². The van der Waals surface area contributed by atoms with Crippen molar-refractivity contribution in [1.29, 1.82) is 0 Å². The van der Waals surface area contributed by atoms with Crippen LogP contribution >= 0.6 is 0 Å². The number of hydrogen-bond acceptors (Lipinski definition) is 5. The highest BCUT2D eigenvalue weighted by molar-refractivity contribution is 5.92. The van der Waals surface area contributed by atoms with Gasteiger partial charge in [-0.2, -0.15) is 13.2 Å². The Balaban J connectivity index is 1.68. The summed E-state index contributed by atoms with van der Waals surface area (Å²) in [6.45, 7) is 0.642. The Morgan fingerprint density at radius 2 is 1.88 bits per heavy atom. The Bertz CT molecular complexity index is 1200. The van der Waals surface area contributed by atoms with Crippen molar-refractivity contribution >= 4 is 5.91 Å². The first-order chi connectivity index (χ1) is 15.1. The summed E-state index contributed by atoms with van der Waals surface area (Å²) in [5, 5.41) is 0. The highest BCUT2D eigenvalue weighted by Gasteiger charge is 2.35. The molecule has 11 heteroatoms. The number of primary amides is 1. The SMILES string of the molecule is NC(=O)c1cc(-c2cc(F)ccc2F)c2c(n1)CN(Cc1ccnc(C(F)(F)F)n1)CC2. The number of carbonyl (C=O) groups is 1. The number of pyridine rings is 1. The quantitative estimate of drug-likeness (QED) is 0.617. The van der Waals surface area contributed by atoms with Crippen molar-refractivity contribution in [2.45, 2.75) is 25.7 Å². The average Bonchev–Trinajstić information content (AvgIpc) is 2.74. The number of nitrogens with zero attached hydrogens (tertiary/aromatic N) is 4. The number of aromatic nitrogens is 3. The monoisotopic (exact) mass is 449 g/mol. The number of amides is 1. The van der Waals surface area contributed by atoms with Crippen molar-refractivity contribution in [3.8, 4) is 11.1 Å². The van der Waals surface area contributed by atoms with Gasteiger partial charge in [-0.25, -0.2) is 23.7 Å². The second kappa shape index (κ2) is 8.23. The van der Waals surface area contributed by atoms with Crippen LogP contribution in [0.3, 0.4) is 0 Å². The molecule has 0 aliphatic carbocycles. The molecule has 0 saturated carbocycles. The molecule has 2 N–H and O–H groups in total. The van der Waals surface area contributed by atoms with Crippen LogP contribution in [0.4, 0.5) is 22.0 Å². The van der Waals surface area contributed by atoms with Crippen LogP contribution in [0.15, 0.2) is 36.5 Å². The Morgan fingerprint density at radius 3 is 2.59 bits per heavy atom. The summed E-state index contributed by atoms with van der Waals surface area (Å²) >= 11 is 0. The summed E-state index contributed by atoms with van der Waals surface area (Å²) in [6.07, 6.45) is -3.27. The van der Waals surface area contributed by atoms with Crippen LogP contribution in [-0.4, -0.2) is 32.3 Å². The van der Waals surface area contributed by atoms with Gasteiger partial charge in [0.2, 0.25) is 5.82 Å². The lowest BCUT2D eigenvalue weighted by Gasteiger charge is -2.29. The van der Waals surface area contributed by atoms with Gasteiger partial charge in [0.05, 0.1) is 11.4 Å². The number of carbonyl (C=O) groups excluding carboxylic acids is 1. The van der Waals surface area contributed by atoms with Crippen LogP contribution in [0, 0.1) is 11.6 Å². The van der Waals surface area contributed by atoms with E-state index in [0.29, 0.717) is 29.8 Å². The summed E-state index contributed by atoms with van der Waals surface area (Å²) in [7, 11) is 0. The third-order valence-electron chi connectivity index (χ3n) is 5.08. The molecule has 3 aromatic rings.